The predicted octanol–water partition coefficient (Wildman–Crippen LogP) is 2.43. The molecule has 7 heteroatoms. The van der Waals surface area contributed by atoms with E-state index in [9.17, 15) is 17.6 Å². The molecule has 0 aliphatic carbocycles. The van der Waals surface area contributed by atoms with Crippen LogP contribution in [0, 0.1) is 5.82 Å². The summed E-state index contributed by atoms with van der Waals surface area (Å²) in [4.78, 5) is 3.54. The van der Waals surface area contributed by atoms with Gasteiger partial charge in [-0.25, -0.2) is 9.37 Å². The molecule has 0 saturated carbocycles. The largest absolute Gasteiger partial charge is 0.477 e. The van der Waals surface area contributed by atoms with Gasteiger partial charge in [-0.1, -0.05) is 0 Å². The second-order valence-electron chi connectivity index (χ2n) is 3.34. The van der Waals surface area contributed by atoms with Crippen molar-refractivity contribution in [2.45, 2.75) is 25.6 Å². The lowest BCUT2D eigenvalue weighted by Gasteiger charge is -2.09. The van der Waals surface area contributed by atoms with Crippen LogP contribution in [-0.2, 0) is 6.61 Å². The Balaban J connectivity index is 2.46. The number of ether oxygens (including phenoxy) is 1. The molecular formula is C10H11F4NO2. The van der Waals surface area contributed by atoms with Crippen LogP contribution in [0.4, 0.5) is 17.6 Å². The van der Waals surface area contributed by atoms with Gasteiger partial charge in [0, 0.05) is 12.0 Å². The van der Waals surface area contributed by atoms with Gasteiger partial charge in [0.15, 0.2) is 0 Å². The average molecular weight is 253 g/mol. The van der Waals surface area contributed by atoms with E-state index < -0.39 is 25.0 Å². The van der Waals surface area contributed by atoms with E-state index in [4.69, 9.17) is 9.84 Å². The van der Waals surface area contributed by atoms with Crippen molar-refractivity contribution in [3.8, 4) is 5.88 Å². The third-order valence-electron chi connectivity index (χ3n) is 1.91. The molecule has 0 aliphatic heterocycles. The van der Waals surface area contributed by atoms with Crippen molar-refractivity contribution in [3.05, 3.63) is 23.6 Å². The van der Waals surface area contributed by atoms with E-state index in [-0.39, 0.29) is 24.5 Å². The molecule has 0 fully saturated rings. The molecule has 17 heavy (non-hydrogen) atoms. The summed E-state index contributed by atoms with van der Waals surface area (Å²) in [6.45, 7) is -0.676. The molecule has 0 aliphatic rings. The van der Waals surface area contributed by atoms with Gasteiger partial charge in [0.1, 0.15) is 5.82 Å². The molecule has 1 aromatic heterocycles. The van der Waals surface area contributed by atoms with Crippen molar-refractivity contribution >= 4 is 0 Å². The summed E-state index contributed by atoms with van der Waals surface area (Å²) in [6, 6.07) is 1.02. The molecule has 0 aromatic carbocycles. The maximum Gasteiger partial charge on any atom is 0.389 e. The molecule has 0 radical (unpaired) electrons. The summed E-state index contributed by atoms with van der Waals surface area (Å²) in [5.74, 6) is -0.687. The highest BCUT2D eigenvalue weighted by Gasteiger charge is 2.26. The number of aliphatic hydroxyl groups is 1. The maximum absolute atomic E-state index is 12.7. The maximum atomic E-state index is 12.7. The SMILES string of the molecule is OCc1cc(F)cnc1OCCCC(F)(F)F. The summed E-state index contributed by atoms with van der Waals surface area (Å²) >= 11 is 0. The molecule has 0 bridgehead atoms. The molecule has 0 saturated heterocycles. The summed E-state index contributed by atoms with van der Waals surface area (Å²) in [5, 5.41) is 8.86. The Morgan fingerprint density at radius 2 is 2.06 bits per heavy atom. The number of alkyl halides is 3. The fraction of sp³-hybridized carbons (Fsp3) is 0.500. The molecule has 3 nitrogen and oxygen atoms in total. The quantitative estimate of drug-likeness (QED) is 0.647. The van der Waals surface area contributed by atoms with Crippen LogP contribution in [0.2, 0.25) is 0 Å². The number of rotatable bonds is 5. The van der Waals surface area contributed by atoms with E-state index >= 15 is 0 Å². The van der Waals surface area contributed by atoms with Crippen LogP contribution < -0.4 is 4.74 Å². The minimum absolute atomic E-state index is 0.0453. The van der Waals surface area contributed by atoms with Crippen LogP contribution in [0.1, 0.15) is 18.4 Å². The molecule has 0 spiro atoms. The summed E-state index contributed by atoms with van der Waals surface area (Å²) in [5.41, 5.74) is 0.108. The Bertz CT molecular complexity index is 368. The highest BCUT2D eigenvalue weighted by molar-refractivity contribution is 5.25. The molecule has 1 aromatic rings. The van der Waals surface area contributed by atoms with E-state index in [1.807, 2.05) is 0 Å². The molecule has 1 rings (SSSR count). The van der Waals surface area contributed by atoms with Gasteiger partial charge in [-0.2, -0.15) is 13.2 Å². The van der Waals surface area contributed by atoms with Crippen LogP contribution in [0.25, 0.3) is 0 Å². The second-order valence-corrected chi connectivity index (χ2v) is 3.34. The molecule has 96 valence electrons. The van der Waals surface area contributed by atoms with Crippen molar-refractivity contribution in [2.24, 2.45) is 0 Å². The van der Waals surface area contributed by atoms with E-state index in [1.54, 1.807) is 0 Å². The number of pyridine rings is 1. The first-order valence-corrected chi connectivity index (χ1v) is 4.87. The van der Waals surface area contributed by atoms with E-state index in [1.165, 1.54) is 0 Å². The van der Waals surface area contributed by atoms with Gasteiger partial charge in [-0.05, 0) is 12.5 Å². The zero-order chi connectivity index (χ0) is 12.9. The highest BCUT2D eigenvalue weighted by atomic mass is 19.4. The predicted molar refractivity (Wildman–Crippen MR) is 50.9 cm³/mol. The van der Waals surface area contributed by atoms with Crippen LogP contribution >= 0.6 is 0 Å². The second kappa shape index (κ2) is 5.81. The summed E-state index contributed by atoms with van der Waals surface area (Å²) < 4.78 is 53.1. The molecule has 1 heterocycles. The van der Waals surface area contributed by atoms with Gasteiger partial charge in [0.05, 0.1) is 19.4 Å². The first-order valence-electron chi connectivity index (χ1n) is 4.87. The Morgan fingerprint density at radius 3 is 2.65 bits per heavy atom. The third-order valence-corrected chi connectivity index (χ3v) is 1.91. The van der Waals surface area contributed by atoms with Gasteiger partial charge in [-0.15, -0.1) is 0 Å². The van der Waals surface area contributed by atoms with E-state index in [0.717, 1.165) is 12.3 Å². The zero-order valence-corrected chi connectivity index (χ0v) is 8.80. The molecule has 1 N–H and O–H groups in total. The van der Waals surface area contributed by atoms with Gasteiger partial charge >= 0.3 is 6.18 Å². The number of hydrogen-bond acceptors (Lipinski definition) is 3. The topological polar surface area (TPSA) is 42.4 Å². The van der Waals surface area contributed by atoms with E-state index in [0.29, 0.717) is 0 Å². The van der Waals surface area contributed by atoms with Gasteiger partial charge < -0.3 is 9.84 Å². The summed E-state index contributed by atoms with van der Waals surface area (Å²) in [6.07, 6.45) is -4.52. The highest BCUT2D eigenvalue weighted by Crippen LogP contribution is 2.22. The lowest BCUT2D eigenvalue weighted by Crippen LogP contribution is -2.10. The zero-order valence-electron chi connectivity index (χ0n) is 8.80. The Kier molecular flexibility index (Phi) is 4.68. The molecular weight excluding hydrogens is 242 g/mol. The van der Waals surface area contributed by atoms with Crippen molar-refractivity contribution in [1.29, 1.82) is 0 Å². The Morgan fingerprint density at radius 1 is 1.35 bits per heavy atom. The molecule has 0 amide bonds. The van der Waals surface area contributed by atoms with Crippen LogP contribution in [0.3, 0.4) is 0 Å². The number of halogens is 4. The van der Waals surface area contributed by atoms with Crippen LogP contribution in [0.15, 0.2) is 12.3 Å². The first kappa shape index (κ1) is 13.7. The fourth-order valence-electron chi connectivity index (χ4n) is 1.15. The number of aromatic nitrogens is 1. The van der Waals surface area contributed by atoms with Crippen molar-refractivity contribution < 1.29 is 27.4 Å². The van der Waals surface area contributed by atoms with Crippen molar-refractivity contribution in [2.75, 3.05) is 6.61 Å². The van der Waals surface area contributed by atoms with Gasteiger partial charge in [0.25, 0.3) is 0 Å². The normalized spacial score (nSPS) is 11.6. The summed E-state index contributed by atoms with van der Waals surface area (Å²) in [7, 11) is 0. The lowest BCUT2D eigenvalue weighted by atomic mass is 10.3. The average Bonchev–Trinajstić information content (AvgIpc) is 2.24. The van der Waals surface area contributed by atoms with Crippen LogP contribution in [-0.4, -0.2) is 22.9 Å². The Hall–Kier alpha value is -1.37. The minimum atomic E-state index is -4.22. The smallest absolute Gasteiger partial charge is 0.389 e. The number of nitrogens with zero attached hydrogens (tertiary/aromatic N) is 1. The monoisotopic (exact) mass is 253 g/mol. The van der Waals surface area contributed by atoms with Gasteiger partial charge in [0.2, 0.25) is 5.88 Å². The number of aliphatic hydroxyl groups excluding tert-OH is 1. The van der Waals surface area contributed by atoms with Gasteiger partial charge in [-0.3, -0.25) is 0 Å². The molecule has 0 atom stereocenters. The standard InChI is InChI=1S/C10H11F4NO2/c11-8-4-7(6-16)9(15-5-8)17-3-1-2-10(12,13)14/h4-5,16H,1-3,6H2. The first-order chi connectivity index (χ1) is 7.92. The van der Waals surface area contributed by atoms with E-state index in [2.05, 4.69) is 4.98 Å². The lowest BCUT2D eigenvalue weighted by molar-refractivity contribution is -0.136. The third kappa shape index (κ3) is 4.99. The van der Waals surface area contributed by atoms with Crippen molar-refractivity contribution in [1.82, 2.24) is 4.98 Å². The Labute approximate surface area is 95.0 Å². The minimum Gasteiger partial charge on any atom is -0.477 e. The fourth-order valence-corrected chi connectivity index (χ4v) is 1.15. The molecule has 0 unspecified atom stereocenters. The number of hydrogen-bond donors (Lipinski definition) is 1. The van der Waals surface area contributed by atoms with Crippen LogP contribution in [0.5, 0.6) is 5.88 Å². The van der Waals surface area contributed by atoms with Crippen molar-refractivity contribution in [3.63, 3.8) is 0 Å².